The van der Waals surface area contributed by atoms with Crippen molar-refractivity contribution in [3.05, 3.63) is 124 Å². The SMILES string of the molecule is CCc1ccc2c(c1N)C(C)(CC)c1ccccc1C21c2ccccc2-c2ccccc21. The Kier molecular flexibility index (Phi) is 3.99. The molecular formula is C31H29N. The van der Waals surface area contributed by atoms with Crippen molar-refractivity contribution >= 4 is 5.69 Å². The summed E-state index contributed by atoms with van der Waals surface area (Å²) in [6, 6.07) is 31.7. The largest absolute Gasteiger partial charge is 0.398 e. The molecule has 2 aliphatic rings. The Balaban J connectivity index is 1.88. The van der Waals surface area contributed by atoms with E-state index in [1.165, 1.54) is 50.1 Å². The first-order valence-corrected chi connectivity index (χ1v) is 11.8. The third kappa shape index (κ3) is 2.09. The molecule has 1 atom stereocenters. The van der Waals surface area contributed by atoms with Crippen LogP contribution in [-0.2, 0) is 17.3 Å². The molecule has 0 bridgehead atoms. The van der Waals surface area contributed by atoms with E-state index in [0.717, 1.165) is 18.5 Å². The molecule has 4 aromatic rings. The second-order valence-corrected chi connectivity index (χ2v) is 9.49. The predicted octanol–water partition coefficient (Wildman–Crippen LogP) is 7.22. The Bertz CT molecular complexity index is 1330. The van der Waals surface area contributed by atoms with E-state index >= 15 is 0 Å². The van der Waals surface area contributed by atoms with Crippen LogP contribution < -0.4 is 5.73 Å². The molecule has 2 N–H and O–H groups in total. The molecule has 4 aromatic carbocycles. The first-order valence-electron chi connectivity index (χ1n) is 11.8. The van der Waals surface area contributed by atoms with Crippen LogP contribution in [0.15, 0.2) is 84.9 Å². The Morgan fingerprint density at radius 1 is 0.625 bits per heavy atom. The van der Waals surface area contributed by atoms with Crippen molar-refractivity contribution in [2.24, 2.45) is 0 Å². The minimum Gasteiger partial charge on any atom is -0.398 e. The second-order valence-electron chi connectivity index (χ2n) is 9.49. The molecular weight excluding hydrogens is 386 g/mol. The van der Waals surface area contributed by atoms with Crippen LogP contribution in [0.5, 0.6) is 0 Å². The number of nitrogens with two attached hydrogens (primary N) is 1. The average Bonchev–Trinajstić information content (AvgIpc) is 3.14. The molecule has 0 saturated heterocycles. The molecule has 1 unspecified atom stereocenters. The summed E-state index contributed by atoms with van der Waals surface area (Å²) >= 11 is 0. The van der Waals surface area contributed by atoms with Crippen LogP contribution in [0.25, 0.3) is 11.1 Å². The van der Waals surface area contributed by atoms with Gasteiger partial charge in [0.15, 0.2) is 0 Å². The number of benzene rings is 4. The molecule has 0 heterocycles. The molecule has 0 amide bonds. The van der Waals surface area contributed by atoms with Gasteiger partial charge in [-0.05, 0) is 62.9 Å². The lowest BCUT2D eigenvalue weighted by Gasteiger charge is -2.48. The van der Waals surface area contributed by atoms with Crippen LogP contribution in [0.4, 0.5) is 5.69 Å². The minimum atomic E-state index is -0.339. The van der Waals surface area contributed by atoms with Gasteiger partial charge in [-0.3, -0.25) is 0 Å². The highest BCUT2D eigenvalue weighted by atomic mass is 14.6. The van der Waals surface area contributed by atoms with Gasteiger partial charge < -0.3 is 5.73 Å². The molecule has 1 heteroatoms. The highest BCUT2D eigenvalue weighted by Crippen LogP contribution is 2.63. The molecule has 1 nitrogen and oxygen atoms in total. The summed E-state index contributed by atoms with van der Waals surface area (Å²) in [5.74, 6) is 0. The average molecular weight is 416 g/mol. The van der Waals surface area contributed by atoms with Crippen molar-refractivity contribution in [2.45, 2.75) is 44.4 Å². The van der Waals surface area contributed by atoms with Gasteiger partial charge >= 0.3 is 0 Å². The van der Waals surface area contributed by atoms with E-state index in [2.05, 4.69) is 106 Å². The van der Waals surface area contributed by atoms with Crippen LogP contribution in [-0.4, -0.2) is 0 Å². The smallest absolute Gasteiger partial charge is 0.0720 e. The number of hydrogen-bond acceptors (Lipinski definition) is 1. The molecule has 158 valence electrons. The van der Waals surface area contributed by atoms with E-state index < -0.39 is 0 Å². The second kappa shape index (κ2) is 6.59. The Morgan fingerprint density at radius 3 is 1.72 bits per heavy atom. The van der Waals surface area contributed by atoms with Crippen LogP contribution in [0.1, 0.15) is 66.1 Å². The number of anilines is 1. The zero-order chi connectivity index (χ0) is 22.1. The van der Waals surface area contributed by atoms with Gasteiger partial charge in [0.05, 0.1) is 5.41 Å². The van der Waals surface area contributed by atoms with Crippen LogP contribution in [0.3, 0.4) is 0 Å². The lowest BCUT2D eigenvalue weighted by Crippen LogP contribution is -2.42. The fourth-order valence-electron chi connectivity index (χ4n) is 6.63. The predicted molar refractivity (Wildman–Crippen MR) is 134 cm³/mol. The zero-order valence-corrected chi connectivity index (χ0v) is 19.1. The first kappa shape index (κ1) is 19.4. The highest BCUT2D eigenvalue weighted by molar-refractivity contribution is 5.89. The van der Waals surface area contributed by atoms with Crippen molar-refractivity contribution in [1.82, 2.24) is 0 Å². The fraction of sp³-hybridized carbons (Fsp3) is 0.226. The zero-order valence-electron chi connectivity index (χ0n) is 19.1. The van der Waals surface area contributed by atoms with Crippen molar-refractivity contribution in [2.75, 3.05) is 5.73 Å². The summed E-state index contributed by atoms with van der Waals surface area (Å²) in [6.07, 6.45) is 1.95. The number of nitrogen functional groups attached to an aromatic ring is 1. The van der Waals surface area contributed by atoms with Crippen LogP contribution >= 0.6 is 0 Å². The summed E-state index contributed by atoms with van der Waals surface area (Å²) in [4.78, 5) is 0. The number of rotatable bonds is 2. The standard InChI is InChI=1S/C31H29N/c1-4-20-18-19-27-28(29(20)32)30(3,5-2)25-16-10-11-17-26(25)31(27)23-14-8-6-12-21(23)22-13-7-9-15-24(22)31/h6-19H,4-5,32H2,1-3H3. The summed E-state index contributed by atoms with van der Waals surface area (Å²) in [7, 11) is 0. The maximum absolute atomic E-state index is 7.01. The fourth-order valence-corrected chi connectivity index (χ4v) is 6.63. The molecule has 1 spiro atoms. The number of hydrogen-bond donors (Lipinski definition) is 1. The monoisotopic (exact) mass is 415 g/mol. The maximum Gasteiger partial charge on any atom is 0.0720 e. The molecule has 0 aromatic heterocycles. The first-order chi connectivity index (χ1) is 15.6. The van der Waals surface area contributed by atoms with Gasteiger partial charge in [0.25, 0.3) is 0 Å². The van der Waals surface area contributed by atoms with E-state index in [9.17, 15) is 0 Å². The Hall–Kier alpha value is -3.32. The molecule has 0 fully saturated rings. The normalized spacial score (nSPS) is 19.2. The van der Waals surface area contributed by atoms with Gasteiger partial charge in [0.1, 0.15) is 0 Å². The lowest BCUT2D eigenvalue weighted by atomic mass is 9.54. The third-order valence-electron chi connectivity index (χ3n) is 8.26. The Labute approximate surface area is 190 Å². The van der Waals surface area contributed by atoms with Crippen molar-refractivity contribution in [3.63, 3.8) is 0 Å². The van der Waals surface area contributed by atoms with Crippen molar-refractivity contribution in [1.29, 1.82) is 0 Å². The summed E-state index contributed by atoms with van der Waals surface area (Å²) < 4.78 is 0. The van der Waals surface area contributed by atoms with Crippen molar-refractivity contribution < 1.29 is 0 Å². The van der Waals surface area contributed by atoms with E-state index in [1.807, 2.05) is 0 Å². The molecule has 32 heavy (non-hydrogen) atoms. The summed E-state index contributed by atoms with van der Waals surface area (Å²) in [5, 5.41) is 0. The topological polar surface area (TPSA) is 26.0 Å². The van der Waals surface area contributed by atoms with Gasteiger partial charge in [-0.1, -0.05) is 106 Å². The molecule has 0 radical (unpaired) electrons. The lowest BCUT2D eigenvalue weighted by molar-refractivity contribution is 0.503. The van der Waals surface area contributed by atoms with Gasteiger partial charge in [0, 0.05) is 11.1 Å². The molecule has 0 aliphatic heterocycles. The highest BCUT2D eigenvalue weighted by Gasteiger charge is 2.54. The van der Waals surface area contributed by atoms with Crippen molar-refractivity contribution in [3.8, 4) is 11.1 Å². The van der Waals surface area contributed by atoms with Crippen LogP contribution in [0.2, 0.25) is 0 Å². The summed E-state index contributed by atoms with van der Waals surface area (Å²) in [5.41, 5.74) is 19.7. The minimum absolute atomic E-state index is 0.126. The quantitative estimate of drug-likeness (QED) is 0.303. The number of aryl methyl sites for hydroxylation is 1. The van der Waals surface area contributed by atoms with E-state index in [4.69, 9.17) is 5.73 Å². The van der Waals surface area contributed by atoms with E-state index in [1.54, 1.807) is 0 Å². The Morgan fingerprint density at radius 2 is 1.16 bits per heavy atom. The van der Waals surface area contributed by atoms with Gasteiger partial charge in [0.2, 0.25) is 0 Å². The summed E-state index contributed by atoms with van der Waals surface area (Å²) in [6.45, 7) is 6.89. The van der Waals surface area contributed by atoms with Crippen LogP contribution in [0, 0.1) is 0 Å². The van der Waals surface area contributed by atoms with Gasteiger partial charge in [-0.25, -0.2) is 0 Å². The van der Waals surface area contributed by atoms with Gasteiger partial charge in [-0.15, -0.1) is 0 Å². The van der Waals surface area contributed by atoms with E-state index in [0.29, 0.717) is 0 Å². The van der Waals surface area contributed by atoms with Gasteiger partial charge in [-0.2, -0.15) is 0 Å². The molecule has 0 saturated carbocycles. The maximum atomic E-state index is 7.01. The molecule has 2 aliphatic carbocycles. The third-order valence-corrected chi connectivity index (χ3v) is 8.26. The number of fused-ring (bicyclic) bond motifs is 9. The molecule has 6 rings (SSSR count). The van der Waals surface area contributed by atoms with E-state index in [-0.39, 0.29) is 10.8 Å².